The molecule has 0 saturated carbocycles. The number of ether oxygens (including phenoxy) is 1. The summed E-state index contributed by atoms with van der Waals surface area (Å²) in [6.45, 7) is 4.57. The van der Waals surface area contributed by atoms with E-state index in [1.54, 1.807) is 31.4 Å². The molecule has 1 aliphatic rings. The second kappa shape index (κ2) is 7.82. The van der Waals surface area contributed by atoms with E-state index < -0.39 is 0 Å². The molecule has 0 radical (unpaired) electrons. The van der Waals surface area contributed by atoms with E-state index in [9.17, 15) is 9.59 Å². The zero-order chi connectivity index (χ0) is 21.3. The van der Waals surface area contributed by atoms with Crippen molar-refractivity contribution >= 4 is 17.5 Å². The van der Waals surface area contributed by atoms with Gasteiger partial charge in [0.05, 0.1) is 18.2 Å². The van der Waals surface area contributed by atoms with E-state index in [4.69, 9.17) is 9.15 Å². The average Bonchev–Trinajstić information content (AvgIpc) is 3.10. The van der Waals surface area contributed by atoms with Crippen molar-refractivity contribution in [2.45, 2.75) is 33.2 Å². The van der Waals surface area contributed by atoms with Gasteiger partial charge in [0.25, 0.3) is 0 Å². The Hall–Kier alpha value is -3.34. The molecule has 0 amide bonds. The predicted molar refractivity (Wildman–Crippen MR) is 115 cm³/mol. The number of anilines is 1. The lowest BCUT2D eigenvalue weighted by molar-refractivity contribution is 0.0896. The third kappa shape index (κ3) is 3.88. The van der Waals surface area contributed by atoms with Crippen molar-refractivity contribution in [1.29, 1.82) is 0 Å². The Morgan fingerprint density at radius 1 is 1.07 bits per heavy atom. The van der Waals surface area contributed by atoms with Gasteiger partial charge in [-0.05, 0) is 35.2 Å². The molecule has 30 heavy (non-hydrogen) atoms. The van der Waals surface area contributed by atoms with Crippen molar-refractivity contribution in [2.75, 3.05) is 12.4 Å². The van der Waals surface area contributed by atoms with Crippen molar-refractivity contribution in [3.8, 4) is 5.75 Å². The number of fused-ring (bicyclic) bond motifs is 1. The van der Waals surface area contributed by atoms with Gasteiger partial charge < -0.3 is 14.5 Å². The molecule has 0 fully saturated rings. The summed E-state index contributed by atoms with van der Waals surface area (Å²) < 4.78 is 11.3. The van der Waals surface area contributed by atoms with Crippen LogP contribution in [0.2, 0.25) is 0 Å². The average molecular weight is 403 g/mol. The van der Waals surface area contributed by atoms with Gasteiger partial charge in [-0.15, -0.1) is 0 Å². The fraction of sp³-hybridized carbons (Fsp3) is 0.280. The van der Waals surface area contributed by atoms with Crippen molar-refractivity contribution < 1.29 is 18.7 Å². The Labute approximate surface area is 176 Å². The van der Waals surface area contributed by atoms with Crippen molar-refractivity contribution in [1.82, 2.24) is 0 Å². The molecule has 3 aromatic rings. The highest BCUT2D eigenvalue weighted by molar-refractivity contribution is 6.19. The molecule has 154 valence electrons. The summed E-state index contributed by atoms with van der Waals surface area (Å²) in [6, 6.07) is 16.7. The SMILES string of the molecule is COc1ccc(C(=O)c2c(NCc3ccccc3)oc3c2C(=O)CC(C)(C)C3)cc1. The molecule has 1 N–H and O–H groups in total. The van der Waals surface area contributed by atoms with Gasteiger partial charge >= 0.3 is 0 Å². The van der Waals surface area contributed by atoms with Crippen LogP contribution in [0, 0.1) is 5.41 Å². The number of methoxy groups -OCH3 is 1. The summed E-state index contributed by atoms with van der Waals surface area (Å²) in [5.74, 6) is 1.33. The van der Waals surface area contributed by atoms with Gasteiger partial charge in [0, 0.05) is 24.9 Å². The number of hydrogen-bond acceptors (Lipinski definition) is 5. The van der Waals surface area contributed by atoms with Crippen molar-refractivity contribution in [3.63, 3.8) is 0 Å². The minimum atomic E-state index is -0.230. The van der Waals surface area contributed by atoms with Gasteiger partial charge in [-0.2, -0.15) is 0 Å². The Balaban J connectivity index is 1.75. The van der Waals surface area contributed by atoms with Crippen LogP contribution >= 0.6 is 0 Å². The Morgan fingerprint density at radius 3 is 2.43 bits per heavy atom. The fourth-order valence-electron chi connectivity index (χ4n) is 3.92. The summed E-state index contributed by atoms with van der Waals surface area (Å²) in [6.07, 6.45) is 1.00. The molecular weight excluding hydrogens is 378 g/mol. The maximum absolute atomic E-state index is 13.4. The first-order chi connectivity index (χ1) is 14.4. The number of rotatable bonds is 6. The zero-order valence-electron chi connectivity index (χ0n) is 17.5. The maximum atomic E-state index is 13.4. The van der Waals surface area contributed by atoms with Gasteiger partial charge in [0.1, 0.15) is 11.5 Å². The van der Waals surface area contributed by atoms with Crippen LogP contribution in [-0.4, -0.2) is 18.7 Å². The molecule has 0 unspecified atom stereocenters. The van der Waals surface area contributed by atoms with E-state index in [2.05, 4.69) is 5.32 Å². The maximum Gasteiger partial charge on any atom is 0.205 e. The van der Waals surface area contributed by atoms with Gasteiger partial charge in [-0.3, -0.25) is 9.59 Å². The number of carbonyl (C=O) groups is 2. The number of hydrogen-bond donors (Lipinski definition) is 1. The van der Waals surface area contributed by atoms with Crippen LogP contribution in [0.15, 0.2) is 59.0 Å². The molecule has 0 atom stereocenters. The third-order valence-corrected chi connectivity index (χ3v) is 5.41. The summed E-state index contributed by atoms with van der Waals surface area (Å²) in [5, 5.41) is 3.24. The first-order valence-electron chi connectivity index (χ1n) is 10.0. The molecule has 0 saturated heterocycles. The molecule has 5 heteroatoms. The van der Waals surface area contributed by atoms with E-state index in [1.165, 1.54) is 0 Å². The molecule has 5 nitrogen and oxygen atoms in total. The van der Waals surface area contributed by atoms with E-state index in [0.29, 0.717) is 53.5 Å². The van der Waals surface area contributed by atoms with Crippen LogP contribution < -0.4 is 10.1 Å². The highest BCUT2D eigenvalue weighted by atomic mass is 16.5. The lowest BCUT2D eigenvalue weighted by atomic mass is 9.75. The largest absolute Gasteiger partial charge is 0.497 e. The number of ketones is 2. The molecule has 1 aliphatic carbocycles. The van der Waals surface area contributed by atoms with Crippen LogP contribution in [-0.2, 0) is 13.0 Å². The van der Waals surface area contributed by atoms with Crippen LogP contribution in [0.1, 0.15) is 57.9 Å². The molecule has 1 heterocycles. The fourth-order valence-corrected chi connectivity index (χ4v) is 3.92. The molecule has 1 aromatic heterocycles. The lowest BCUT2D eigenvalue weighted by Crippen LogP contribution is -2.27. The number of carbonyl (C=O) groups excluding carboxylic acids is 2. The van der Waals surface area contributed by atoms with Crippen LogP contribution in [0.25, 0.3) is 0 Å². The van der Waals surface area contributed by atoms with Crippen molar-refractivity contribution in [3.05, 3.63) is 82.6 Å². The predicted octanol–water partition coefficient (Wildman–Crippen LogP) is 5.29. The Kier molecular flexibility index (Phi) is 5.20. The third-order valence-electron chi connectivity index (χ3n) is 5.41. The lowest BCUT2D eigenvalue weighted by Gasteiger charge is -2.27. The summed E-state index contributed by atoms with van der Waals surface area (Å²) in [4.78, 5) is 26.4. The summed E-state index contributed by atoms with van der Waals surface area (Å²) >= 11 is 0. The minimum Gasteiger partial charge on any atom is -0.497 e. The van der Waals surface area contributed by atoms with E-state index in [0.717, 1.165) is 5.56 Å². The standard InChI is InChI=1S/C25H25NO4/c1-25(2)13-19(27)21-20(14-25)30-24(26-15-16-7-5-4-6-8-16)22(21)23(28)17-9-11-18(29-3)12-10-17/h4-12,26H,13-15H2,1-3H3. The van der Waals surface area contributed by atoms with E-state index in [1.807, 2.05) is 44.2 Å². The second-order valence-electron chi connectivity index (χ2n) is 8.44. The second-order valence-corrected chi connectivity index (χ2v) is 8.44. The summed E-state index contributed by atoms with van der Waals surface area (Å²) in [7, 11) is 1.58. The van der Waals surface area contributed by atoms with Crippen LogP contribution in [0.3, 0.4) is 0 Å². The molecular formula is C25H25NO4. The van der Waals surface area contributed by atoms with Crippen LogP contribution in [0.4, 0.5) is 5.88 Å². The molecule has 4 rings (SSSR count). The van der Waals surface area contributed by atoms with Crippen molar-refractivity contribution in [2.24, 2.45) is 5.41 Å². The zero-order valence-corrected chi connectivity index (χ0v) is 17.5. The summed E-state index contributed by atoms with van der Waals surface area (Å²) in [5.41, 5.74) is 2.09. The minimum absolute atomic E-state index is 0.0466. The van der Waals surface area contributed by atoms with Crippen LogP contribution in [0.5, 0.6) is 5.75 Å². The monoisotopic (exact) mass is 403 g/mol. The normalized spacial score (nSPS) is 14.8. The van der Waals surface area contributed by atoms with Gasteiger partial charge in [0.15, 0.2) is 11.6 Å². The Morgan fingerprint density at radius 2 is 1.77 bits per heavy atom. The highest BCUT2D eigenvalue weighted by Gasteiger charge is 2.39. The van der Waals surface area contributed by atoms with Gasteiger partial charge in [-0.1, -0.05) is 44.2 Å². The highest BCUT2D eigenvalue weighted by Crippen LogP contribution is 2.41. The first-order valence-corrected chi connectivity index (χ1v) is 10.0. The molecule has 0 bridgehead atoms. The topological polar surface area (TPSA) is 68.5 Å². The molecule has 0 spiro atoms. The smallest absolute Gasteiger partial charge is 0.205 e. The molecule has 0 aliphatic heterocycles. The van der Waals surface area contributed by atoms with E-state index in [-0.39, 0.29) is 17.0 Å². The number of benzene rings is 2. The first kappa shape index (κ1) is 20.0. The molecule has 2 aromatic carbocycles. The van der Waals surface area contributed by atoms with Gasteiger partial charge in [-0.25, -0.2) is 0 Å². The van der Waals surface area contributed by atoms with Gasteiger partial charge in [0.2, 0.25) is 5.88 Å². The van der Waals surface area contributed by atoms with E-state index >= 15 is 0 Å². The Bertz CT molecular complexity index is 1080. The quantitative estimate of drug-likeness (QED) is 0.567. The number of furan rings is 1. The number of Topliss-reactive ketones (excluding diaryl/α,β-unsaturated/α-hetero) is 1. The number of nitrogens with one attached hydrogen (secondary N) is 1.